The Hall–Kier alpha value is -2.41. The first-order valence-electron chi connectivity index (χ1n) is 10.4. The van der Waals surface area contributed by atoms with Gasteiger partial charge < -0.3 is 34.8 Å². The number of thiocarbonyl (C=S) groups is 1. The molecule has 1 amide bonds. The van der Waals surface area contributed by atoms with E-state index in [0.29, 0.717) is 16.3 Å². The van der Waals surface area contributed by atoms with Gasteiger partial charge in [-0.25, -0.2) is 0 Å². The Bertz CT molecular complexity index is 1080. The number of nitrogens with zero attached hydrogens (tertiary/aromatic N) is 1. The van der Waals surface area contributed by atoms with Crippen molar-refractivity contribution in [2.24, 2.45) is 0 Å². The summed E-state index contributed by atoms with van der Waals surface area (Å²) in [6.07, 6.45) is -4.86. The number of benzene rings is 2. The number of carbonyl (C=O) groups is 1. The first kappa shape index (κ1) is 24.7. The van der Waals surface area contributed by atoms with E-state index in [0.717, 1.165) is 6.08 Å². The van der Waals surface area contributed by atoms with E-state index in [9.17, 15) is 25.2 Å². The van der Waals surface area contributed by atoms with E-state index < -0.39 is 36.3 Å². The van der Waals surface area contributed by atoms with Crippen molar-refractivity contribution in [1.29, 1.82) is 0 Å². The second-order valence-electron chi connectivity index (χ2n) is 7.96. The van der Waals surface area contributed by atoms with Crippen LogP contribution in [0, 0.1) is 0 Å². The van der Waals surface area contributed by atoms with Crippen molar-refractivity contribution in [3.8, 4) is 0 Å². The highest BCUT2D eigenvalue weighted by molar-refractivity contribution is 7.80. The van der Waals surface area contributed by atoms with Gasteiger partial charge in [-0.2, -0.15) is 0 Å². The zero-order valence-electron chi connectivity index (χ0n) is 17.7. The first-order valence-corrected chi connectivity index (χ1v) is 11.2. The van der Waals surface area contributed by atoms with Gasteiger partial charge in [-0.15, -0.1) is 0 Å². The van der Waals surface area contributed by atoms with Crippen molar-refractivity contribution in [3.05, 3.63) is 76.8 Å². The number of nitrogens with one attached hydrogen (secondary N) is 1. The van der Waals surface area contributed by atoms with Crippen molar-refractivity contribution in [3.63, 3.8) is 0 Å². The van der Waals surface area contributed by atoms with E-state index in [1.54, 1.807) is 59.5 Å². The standard InChI is InChI=1S/C23H23ClN2O7S/c24-15-6-8-16(9-7-15)26-11-14(20(29)25-22(26)34)10-23(30,31)19(28)18-17(27)12-32-21(33-18)13-4-2-1-3-5-13/h1-10,17-19,21,27-28,30-31H,11-12H2,(H,25,29,34)/t17-,18-,19?,21?/m1/s1. The Labute approximate surface area is 205 Å². The molecule has 11 heteroatoms. The molecule has 2 aliphatic rings. The summed E-state index contributed by atoms with van der Waals surface area (Å²) in [4.78, 5) is 14.1. The van der Waals surface area contributed by atoms with E-state index in [-0.39, 0.29) is 23.8 Å². The molecule has 2 fully saturated rings. The molecule has 4 rings (SSSR count). The summed E-state index contributed by atoms with van der Waals surface area (Å²) in [5, 5.41) is 45.6. The highest BCUT2D eigenvalue weighted by atomic mass is 35.5. The lowest BCUT2D eigenvalue weighted by molar-refractivity contribution is -0.309. The van der Waals surface area contributed by atoms with Crippen LogP contribution in [0.1, 0.15) is 11.9 Å². The number of ether oxygens (including phenoxy) is 2. The lowest BCUT2D eigenvalue weighted by Crippen LogP contribution is -2.57. The molecule has 0 bridgehead atoms. The van der Waals surface area contributed by atoms with Gasteiger partial charge in [-0.3, -0.25) is 10.1 Å². The zero-order valence-corrected chi connectivity index (χ0v) is 19.3. The van der Waals surface area contributed by atoms with Crippen molar-refractivity contribution in [2.75, 3.05) is 18.1 Å². The van der Waals surface area contributed by atoms with Crippen molar-refractivity contribution >= 4 is 40.5 Å². The van der Waals surface area contributed by atoms with Gasteiger partial charge in [-0.05, 0) is 42.6 Å². The summed E-state index contributed by atoms with van der Waals surface area (Å²) in [5.41, 5.74) is 1.19. The lowest BCUT2D eigenvalue weighted by atomic mass is 9.96. The van der Waals surface area contributed by atoms with Crippen LogP contribution in [-0.2, 0) is 14.3 Å². The van der Waals surface area contributed by atoms with E-state index >= 15 is 0 Å². The second-order valence-corrected chi connectivity index (χ2v) is 8.79. The third-order valence-electron chi connectivity index (χ3n) is 5.51. The molecule has 2 aliphatic heterocycles. The van der Waals surface area contributed by atoms with Crippen molar-refractivity contribution < 1.29 is 34.7 Å². The number of rotatable bonds is 5. The minimum absolute atomic E-state index is 0.0613. The molecule has 0 saturated carbocycles. The summed E-state index contributed by atoms with van der Waals surface area (Å²) < 4.78 is 11.1. The molecular formula is C23H23ClN2O7S. The molecule has 2 aromatic carbocycles. The van der Waals surface area contributed by atoms with Crippen LogP contribution in [0.5, 0.6) is 0 Å². The molecule has 2 saturated heterocycles. The number of amides is 1. The third-order valence-corrected chi connectivity index (χ3v) is 6.08. The van der Waals surface area contributed by atoms with Crippen molar-refractivity contribution in [1.82, 2.24) is 5.32 Å². The van der Waals surface area contributed by atoms with Gasteiger partial charge in [0.25, 0.3) is 5.91 Å². The minimum atomic E-state index is -2.92. The Morgan fingerprint density at radius 3 is 2.53 bits per heavy atom. The quantitative estimate of drug-likeness (QED) is 0.229. The maximum Gasteiger partial charge on any atom is 0.255 e. The van der Waals surface area contributed by atoms with Crippen LogP contribution in [0.4, 0.5) is 5.69 Å². The van der Waals surface area contributed by atoms with Crippen molar-refractivity contribution in [2.45, 2.75) is 30.4 Å². The summed E-state index contributed by atoms with van der Waals surface area (Å²) in [6.45, 7) is -0.293. The number of hydrogen-bond acceptors (Lipinski definition) is 8. The smallest absolute Gasteiger partial charge is 0.255 e. The van der Waals surface area contributed by atoms with Crippen LogP contribution >= 0.6 is 23.8 Å². The van der Waals surface area contributed by atoms with Gasteiger partial charge in [0, 0.05) is 21.8 Å². The van der Waals surface area contributed by atoms with Crippen LogP contribution in [-0.4, -0.2) is 68.7 Å². The number of aliphatic hydroxyl groups excluding tert-OH is 2. The number of anilines is 1. The average Bonchev–Trinajstić information content (AvgIpc) is 2.82. The van der Waals surface area contributed by atoms with Gasteiger partial charge in [0.1, 0.15) is 18.3 Å². The van der Waals surface area contributed by atoms with Crippen LogP contribution in [0.25, 0.3) is 0 Å². The monoisotopic (exact) mass is 506 g/mol. The molecule has 5 N–H and O–H groups in total. The topological polar surface area (TPSA) is 132 Å². The van der Waals surface area contributed by atoms with E-state index in [2.05, 4.69) is 5.32 Å². The van der Waals surface area contributed by atoms with Gasteiger partial charge in [0.2, 0.25) is 5.79 Å². The molecular weight excluding hydrogens is 484 g/mol. The summed E-state index contributed by atoms with van der Waals surface area (Å²) in [7, 11) is 0. The molecule has 0 aliphatic carbocycles. The lowest BCUT2D eigenvalue weighted by Gasteiger charge is -2.40. The molecule has 0 spiro atoms. The molecule has 2 heterocycles. The summed E-state index contributed by atoms with van der Waals surface area (Å²) in [6, 6.07) is 15.5. The Morgan fingerprint density at radius 2 is 1.85 bits per heavy atom. The molecule has 34 heavy (non-hydrogen) atoms. The second kappa shape index (κ2) is 10.1. The fourth-order valence-corrected chi connectivity index (χ4v) is 4.10. The van der Waals surface area contributed by atoms with Gasteiger partial charge in [-0.1, -0.05) is 41.9 Å². The molecule has 2 aromatic rings. The van der Waals surface area contributed by atoms with Crippen LogP contribution in [0.15, 0.2) is 66.2 Å². The maximum absolute atomic E-state index is 12.5. The predicted octanol–water partition coefficient (Wildman–Crippen LogP) is 1.00. The van der Waals surface area contributed by atoms with E-state index in [1.807, 2.05) is 0 Å². The minimum Gasteiger partial charge on any atom is -0.388 e. The Morgan fingerprint density at radius 1 is 1.18 bits per heavy atom. The first-order chi connectivity index (χ1) is 16.2. The summed E-state index contributed by atoms with van der Waals surface area (Å²) >= 11 is 11.2. The largest absolute Gasteiger partial charge is 0.388 e. The van der Waals surface area contributed by atoms with Gasteiger partial charge in [0.15, 0.2) is 11.4 Å². The maximum atomic E-state index is 12.5. The van der Waals surface area contributed by atoms with E-state index in [1.165, 1.54) is 0 Å². The molecule has 0 radical (unpaired) electrons. The normalized spacial score (nSPS) is 25.9. The number of halogens is 1. The van der Waals surface area contributed by atoms with Crippen LogP contribution in [0.3, 0.4) is 0 Å². The zero-order chi connectivity index (χ0) is 24.5. The SMILES string of the molecule is O=C1NC(=S)N(c2ccc(Cl)cc2)CC1=CC(O)(O)C(O)[C@@H]1OC(c2ccccc2)OC[C@H]1O. The van der Waals surface area contributed by atoms with Crippen LogP contribution in [0.2, 0.25) is 5.02 Å². The molecule has 9 nitrogen and oxygen atoms in total. The predicted molar refractivity (Wildman–Crippen MR) is 127 cm³/mol. The molecule has 2 unspecified atom stereocenters. The summed E-state index contributed by atoms with van der Waals surface area (Å²) in [5.74, 6) is -3.56. The fraction of sp³-hybridized carbons (Fsp3) is 0.304. The fourth-order valence-electron chi connectivity index (χ4n) is 3.71. The average molecular weight is 507 g/mol. The molecule has 180 valence electrons. The molecule has 0 aromatic heterocycles. The highest BCUT2D eigenvalue weighted by Gasteiger charge is 2.46. The third kappa shape index (κ3) is 5.29. The molecule has 4 atom stereocenters. The Kier molecular flexibility index (Phi) is 7.31. The van der Waals surface area contributed by atoms with E-state index in [4.69, 9.17) is 33.3 Å². The number of aliphatic hydroxyl groups is 4. The Balaban J connectivity index is 1.54. The highest BCUT2D eigenvalue weighted by Crippen LogP contribution is 2.31. The van der Waals surface area contributed by atoms with Crippen LogP contribution < -0.4 is 10.2 Å². The number of hydrogen-bond donors (Lipinski definition) is 5. The van der Waals surface area contributed by atoms with Gasteiger partial charge in [0.05, 0.1) is 13.2 Å². The number of carbonyl (C=O) groups excluding carboxylic acids is 1. The van der Waals surface area contributed by atoms with Gasteiger partial charge >= 0.3 is 0 Å².